The molecule has 2 N–H and O–H groups in total. The molecule has 96 valence electrons. The highest BCUT2D eigenvalue weighted by molar-refractivity contribution is 5.45. The van der Waals surface area contributed by atoms with Crippen LogP contribution in [0.15, 0.2) is 12.1 Å². The van der Waals surface area contributed by atoms with E-state index in [1.54, 1.807) is 7.11 Å². The molecular formula is C15H25NO. The summed E-state index contributed by atoms with van der Waals surface area (Å²) in [6, 6.07) is 4.41. The fourth-order valence-electron chi connectivity index (χ4n) is 2.06. The topological polar surface area (TPSA) is 35.2 Å². The van der Waals surface area contributed by atoms with E-state index >= 15 is 0 Å². The minimum atomic E-state index is 0.0957. The molecule has 0 fully saturated rings. The molecule has 0 saturated carbocycles. The van der Waals surface area contributed by atoms with Gasteiger partial charge in [0.15, 0.2) is 0 Å². The van der Waals surface area contributed by atoms with Crippen molar-refractivity contribution in [3.8, 4) is 5.75 Å². The summed E-state index contributed by atoms with van der Waals surface area (Å²) >= 11 is 0. The minimum absolute atomic E-state index is 0.0957. The summed E-state index contributed by atoms with van der Waals surface area (Å²) in [4.78, 5) is 0. The Morgan fingerprint density at radius 1 is 1.06 bits per heavy atom. The first-order chi connectivity index (χ1) is 7.88. The van der Waals surface area contributed by atoms with Gasteiger partial charge in [-0.3, -0.25) is 0 Å². The van der Waals surface area contributed by atoms with E-state index in [0.717, 1.165) is 5.75 Å². The van der Waals surface area contributed by atoms with E-state index in [1.165, 1.54) is 16.7 Å². The average Bonchev–Trinajstić information content (AvgIpc) is 2.27. The lowest BCUT2D eigenvalue weighted by molar-refractivity contribution is 0.406. The van der Waals surface area contributed by atoms with Gasteiger partial charge < -0.3 is 10.5 Å². The van der Waals surface area contributed by atoms with Crippen molar-refractivity contribution in [3.05, 3.63) is 28.8 Å². The van der Waals surface area contributed by atoms with Crippen molar-refractivity contribution in [1.82, 2.24) is 0 Å². The van der Waals surface area contributed by atoms with Gasteiger partial charge in [-0.1, -0.05) is 33.8 Å². The molecule has 1 rings (SSSR count). The largest absolute Gasteiger partial charge is 0.496 e. The smallest absolute Gasteiger partial charge is 0.122 e. The molecule has 0 saturated heterocycles. The predicted octanol–water partition coefficient (Wildman–Crippen LogP) is 3.78. The molecule has 0 aromatic heterocycles. The van der Waals surface area contributed by atoms with Crippen LogP contribution in [0.25, 0.3) is 0 Å². The van der Waals surface area contributed by atoms with Crippen LogP contribution in [0, 0.1) is 12.8 Å². The predicted molar refractivity (Wildman–Crippen MR) is 73.6 cm³/mol. The van der Waals surface area contributed by atoms with Crippen LogP contribution < -0.4 is 10.5 Å². The van der Waals surface area contributed by atoms with E-state index in [2.05, 4.69) is 46.8 Å². The molecule has 1 atom stereocenters. The third-order valence-corrected chi connectivity index (χ3v) is 3.32. The van der Waals surface area contributed by atoms with Crippen molar-refractivity contribution in [2.45, 2.75) is 46.6 Å². The van der Waals surface area contributed by atoms with Crippen molar-refractivity contribution < 1.29 is 4.74 Å². The Hall–Kier alpha value is -1.02. The minimum Gasteiger partial charge on any atom is -0.496 e. The molecule has 1 aromatic carbocycles. The lowest BCUT2D eigenvalue weighted by atomic mass is 9.89. The van der Waals surface area contributed by atoms with Crippen molar-refractivity contribution in [2.75, 3.05) is 7.11 Å². The molecule has 17 heavy (non-hydrogen) atoms. The lowest BCUT2D eigenvalue weighted by Crippen LogP contribution is -2.18. The van der Waals surface area contributed by atoms with Crippen LogP contribution in [0.5, 0.6) is 5.75 Å². The quantitative estimate of drug-likeness (QED) is 0.862. The molecule has 2 nitrogen and oxygen atoms in total. The van der Waals surface area contributed by atoms with E-state index in [1.807, 2.05) is 0 Å². The molecule has 0 bridgehead atoms. The van der Waals surface area contributed by atoms with Crippen molar-refractivity contribution in [2.24, 2.45) is 11.7 Å². The van der Waals surface area contributed by atoms with Gasteiger partial charge in [0.25, 0.3) is 0 Å². The van der Waals surface area contributed by atoms with Crippen LogP contribution in [0.1, 0.15) is 56.3 Å². The van der Waals surface area contributed by atoms with Gasteiger partial charge in [-0.25, -0.2) is 0 Å². The fraction of sp³-hybridized carbons (Fsp3) is 0.600. The van der Waals surface area contributed by atoms with Crippen molar-refractivity contribution in [3.63, 3.8) is 0 Å². The molecule has 0 radical (unpaired) electrons. The summed E-state index contributed by atoms with van der Waals surface area (Å²) < 4.78 is 5.44. The Kier molecular flexibility index (Phi) is 4.58. The fourth-order valence-corrected chi connectivity index (χ4v) is 2.06. The SMILES string of the molecule is COc1cc(C)c(C(N)C(C)C)cc1C(C)C. The number of benzene rings is 1. The zero-order valence-electron chi connectivity index (χ0n) is 11.9. The van der Waals surface area contributed by atoms with E-state index in [9.17, 15) is 0 Å². The van der Waals surface area contributed by atoms with Gasteiger partial charge in [-0.15, -0.1) is 0 Å². The summed E-state index contributed by atoms with van der Waals surface area (Å²) in [7, 11) is 1.72. The third kappa shape index (κ3) is 3.01. The average molecular weight is 235 g/mol. The normalized spacial score (nSPS) is 13.2. The van der Waals surface area contributed by atoms with Crippen LogP contribution >= 0.6 is 0 Å². The molecule has 0 heterocycles. The third-order valence-electron chi connectivity index (χ3n) is 3.32. The maximum Gasteiger partial charge on any atom is 0.122 e. The summed E-state index contributed by atoms with van der Waals surface area (Å²) in [5.41, 5.74) is 9.95. The van der Waals surface area contributed by atoms with Crippen LogP contribution in [0.3, 0.4) is 0 Å². The molecule has 1 unspecified atom stereocenters. The summed E-state index contributed by atoms with van der Waals surface area (Å²) in [6.07, 6.45) is 0. The van der Waals surface area contributed by atoms with E-state index in [4.69, 9.17) is 10.5 Å². The zero-order chi connectivity index (χ0) is 13.2. The molecule has 1 aromatic rings. The van der Waals surface area contributed by atoms with E-state index in [0.29, 0.717) is 11.8 Å². The number of hydrogen-bond acceptors (Lipinski definition) is 2. The highest BCUT2D eigenvalue weighted by Gasteiger charge is 2.17. The Bertz CT molecular complexity index is 383. The summed E-state index contributed by atoms with van der Waals surface area (Å²) in [6.45, 7) is 10.8. The summed E-state index contributed by atoms with van der Waals surface area (Å²) in [5.74, 6) is 1.86. The Morgan fingerprint density at radius 2 is 1.65 bits per heavy atom. The monoisotopic (exact) mass is 235 g/mol. The van der Waals surface area contributed by atoms with Crippen LogP contribution in [-0.4, -0.2) is 7.11 Å². The number of methoxy groups -OCH3 is 1. The number of hydrogen-bond donors (Lipinski definition) is 1. The maximum atomic E-state index is 6.26. The van der Waals surface area contributed by atoms with Gasteiger partial charge in [0.1, 0.15) is 5.75 Å². The molecule has 0 aliphatic rings. The second-order valence-corrected chi connectivity index (χ2v) is 5.38. The van der Waals surface area contributed by atoms with Crippen LogP contribution in [0.2, 0.25) is 0 Å². The van der Waals surface area contributed by atoms with Gasteiger partial charge in [0, 0.05) is 6.04 Å². The van der Waals surface area contributed by atoms with Gasteiger partial charge in [0.2, 0.25) is 0 Å². The molecule has 0 aliphatic carbocycles. The first-order valence-corrected chi connectivity index (χ1v) is 6.32. The van der Waals surface area contributed by atoms with Crippen LogP contribution in [0.4, 0.5) is 0 Å². The molecular weight excluding hydrogens is 210 g/mol. The second kappa shape index (κ2) is 5.54. The first-order valence-electron chi connectivity index (χ1n) is 6.32. The second-order valence-electron chi connectivity index (χ2n) is 5.38. The highest BCUT2D eigenvalue weighted by Crippen LogP contribution is 2.33. The summed E-state index contributed by atoms with van der Waals surface area (Å²) in [5, 5.41) is 0. The molecule has 0 amide bonds. The van der Waals surface area contributed by atoms with Gasteiger partial charge in [0.05, 0.1) is 7.11 Å². The number of aryl methyl sites for hydroxylation is 1. The number of ether oxygens (including phenoxy) is 1. The van der Waals surface area contributed by atoms with Crippen molar-refractivity contribution >= 4 is 0 Å². The molecule has 0 spiro atoms. The first kappa shape index (κ1) is 14.0. The zero-order valence-corrected chi connectivity index (χ0v) is 11.9. The standard InChI is InChI=1S/C15H25NO/c1-9(2)12-8-13(15(16)10(3)4)11(5)7-14(12)17-6/h7-10,15H,16H2,1-6H3. The Balaban J connectivity index is 3.29. The van der Waals surface area contributed by atoms with Gasteiger partial charge in [-0.05, 0) is 41.5 Å². The maximum absolute atomic E-state index is 6.26. The number of rotatable bonds is 4. The van der Waals surface area contributed by atoms with E-state index < -0.39 is 0 Å². The van der Waals surface area contributed by atoms with Gasteiger partial charge in [-0.2, -0.15) is 0 Å². The van der Waals surface area contributed by atoms with Gasteiger partial charge >= 0.3 is 0 Å². The molecule has 2 heteroatoms. The Labute approximate surface area is 105 Å². The Morgan fingerprint density at radius 3 is 2.06 bits per heavy atom. The van der Waals surface area contributed by atoms with E-state index in [-0.39, 0.29) is 6.04 Å². The number of nitrogens with two attached hydrogens (primary N) is 1. The highest BCUT2D eigenvalue weighted by atomic mass is 16.5. The molecule has 0 aliphatic heterocycles. The lowest BCUT2D eigenvalue weighted by Gasteiger charge is -2.22. The van der Waals surface area contributed by atoms with Crippen molar-refractivity contribution in [1.29, 1.82) is 0 Å². The van der Waals surface area contributed by atoms with Crippen LogP contribution in [-0.2, 0) is 0 Å².